The third-order valence-electron chi connectivity index (χ3n) is 4.49. The van der Waals surface area contributed by atoms with E-state index in [0.29, 0.717) is 28.5 Å². The van der Waals surface area contributed by atoms with Crippen LogP contribution in [0.25, 0.3) is 33.5 Å². The Labute approximate surface area is 184 Å². The van der Waals surface area contributed by atoms with Crippen molar-refractivity contribution in [2.45, 2.75) is 6.54 Å². The highest BCUT2D eigenvalue weighted by atomic mass is 127. The SMILES string of the molecule is Clc1ccccc1-c1nc2cccc(I)c2nc1CNc1ncnc2[nH]cnc12. The molecule has 29 heavy (non-hydrogen) atoms. The summed E-state index contributed by atoms with van der Waals surface area (Å²) in [6.07, 6.45) is 3.09. The van der Waals surface area contributed by atoms with Crippen LogP contribution in [-0.4, -0.2) is 29.9 Å². The predicted octanol–water partition coefficient (Wildman–Crippen LogP) is 4.83. The molecular formula is C20H13ClIN7. The van der Waals surface area contributed by atoms with E-state index in [2.05, 4.69) is 47.8 Å². The van der Waals surface area contributed by atoms with E-state index in [1.54, 1.807) is 6.33 Å². The third kappa shape index (κ3) is 3.38. The van der Waals surface area contributed by atoms with Gasteiger partial charge in [-0.15, -0.1) is 0 Å². The van der Waals surface area contributed by atoms with Crippen LogP contribution < -0.4 is 5.32 Å². The number of fused-ring (bicyclic) bond motifs is 2. The highest BCUT2D eigenvalue weighted by molar-refractivity contribution is 14.1. The molecule has 0 aliphatic heterocycles. The molecule has 9 heteroatoms. The summed E-state index contributed by atoms with van der Waals surface area (Å²) in [5.41, 5.74) is 5.39. The fourth-order valence-corrected chi connectivity index (χ4v) is 3.96. The standard InChI is InChI=1S/C20H13ClIN7/c21-12-5-2-1-4-11(12)16-15(29-17-13(22)6-3-7-14(17)28-16)8-23-19-18-20(25-9-24-18)27-10-26-19/h1-7,9-10H,8H2,(H2,23,24,25,26,27). The minimum absolute atomic E-state index is 0.410. The number of para-hydroxylation sites is 1. The molecule has 0 unspecified atom stereocenters. The molecular weight excluding hydrogens is 501 g/mol. The van der Waals surface area contributed by atoms with E-state index in [1.165, 1.54) is 6.33 Å². The molecule has 3 aromatic heterocycles. The molecule has 0 aliphatic carbocycles. The zero-order valence-corrected chi connectivity index (χ0v) is 17.8. The molecule has 0 radical (unpaired) electrons. The van der Waals surface area contributed by atoms with Crippen molar-refractivity contribution in [2.24, 2.45) is 0 Å². The average molecular weight is 514 g/mol. The van der Waals surface area contributed by atoms with Gasteiger partial charge in [-0.3, -0.25) is 0 Å². The van der Waals surface area contributed by atoms with Crippen molar-refractivity contribution in [3.8, 4) is 11.3 Å². The molecule has 5 rings (SSSR count). The second-order valence-electron chi connectivity index (χ2n) is 6.28. The second kappa shape index (κ2) is 7.53. The zero-order valence-electron chi connectivity index (χ0n) is 14.9. The molecule has 0 aliphatic rings. The Hall–Kier alpha value is -2.85. The van der Waals surface area contributed by atoms with Crippen LogP contribution in [0.2, 0.25) is 5.02 Å². The number of halogens is 2. The van der Waals surface area contributed by atoms with Crippen LogP contribution in [-0.2, 0) is 6.54 Å². The zero-order chi connectivity index (χ0) is 19.8. The van der Waals surface area contributed by atoms with E-state index in [-0.39, 0.29) is 0 Å². The summed E-state index contributed by atoms with van der Waals surface area (Å²) >= 11 is 8.74. The Bertz CT molecular complexity index is 1350. The number of nitrogens with zero attached hydrogens (tertiary/aromatic N) is 5. The molecule has 0 spiro atoms. The van der Waals surface area contributed by atoms with Crippen LogP contribution in [0.15, 0.2) is 55.1 Å². The highest BCUT2D eigenvalue weighted by Crippen LogP contribution is 2.31. The highest BCUT2D eigenvalue weighted by Gasteiger charge is 2.16. The summed E-state index contributed by atoms with van der Waals surface area (Å²) in [7, 11) is 0. The van der Waals surface area contributed by atoms with Crippen LogP contribution in [0.1, 0.15) is 5.69 Å². The molecule has 5 aromatic rings. The van der Waals surface area contributed by atoms with Crippen LogP contribution in [0, 0.1) is 3.57 Å². The number of benzene rings is 2. The molecule has 0 amide bonds. The summed E-state index contributed by atoms with van der Waals surface area (Å²) in [4.78, 5) is 25.6. The molecule has 0 atom stereocenters. The van der Waals surface area contributed by atoms with Gasteiger partial charge in [0, 0.05) is 9.13 Å². The smallest absolute Gasteiger partial charge is 0.162 e. The van der Waals surface area contributed by atoms with Crippen molar-refractivity contribution >= 4 is 62.2 Å². The maximum atomic E-state index is 6.47. The number of aromatic amines is 1. The van der Waals surface area contributed by atoms with E-state index in [4.69, 9.17) is 21.6 Å². The van der Waals surface area contributed by atoms with Crippen molar-refractivity contribution in [3.63, 3.8) is 0 Å². The number of anilines is 1. The lowest BCUT2D eigenvalue weighted by Crippen LogP contribution is -2.08. The number of hydrogen-bond donors (Lipinski definition) is 2. The molecule has 3 heterocycles. The summed E-state index contributed by atoms with van der Waals surface area (Å²) in [6, 6.07) is 13.6. The lowest BCUT2D eigenvalue weighted by molar-refractivity contribution is 1.03. The molecule has 2 N–H and O–H groups in total. The van der Waals surface area contributed by atoms with Crippen molar-refractivity contribution in [3.05, 3.63) is 69.4 Å². The van der Waals surface area contributed by atoms with E-state index in [9.17, 15) is 0 Å². The summed E-state index contributed by atoms with van der Waals surface area (Å²) in [5.74, 6) is 0.631. The van der Waals surface area contributed by atoms with E-state index < -0.39 is 0 Å². The van der Waals surface area contributed by atoms with E-state index in [0.717, 1.165) is 31.6 Å². The fourth-order valence-electron chi connectivity index (χ4n) is 3.13. The number of aromatic nitrogens is 6. The second-order valence-corrected chi connectivity index (χ2v) is 7.85. The van der Waals surface area contributed by atoms with Gasteiger partial charge in [-0.2, -0.15) is 0 Å². The van der Waals surface area contributed by atoms with Gasteiger partial charge in [-0.25, -0.2) is 24.9 Å². The Morgan fingerprint density at radius 3 is 2.76 bits per heavy atom. The van der Waals surface area contributed by atoms with Gasteiger partial charge in [-0.1, -0.05) is 35.9 Å². The van der Waals surface area contributed by atoms with Crippen LogP contribution in [0.3, 0.4) is 0 Å². The lowest BCUT2D eigenvalue weighted by Gasteiger charge is -2.13. The first-order valence-electron chi connectivity index (χ1n) is 8.78. The van der Waals surface area contributed by atoms with Gasteiger partial charge in [0.1, 0.15) is 17.4 Å². The normalized spacial score (nSPS) is 11.2. The van der Waals surface area contributed by atoms with Gasteiger partial charge in [0.25, 0.3) is 0 Å². The maximum absolute atomic E-state index is 6.47. The van der Waals surface area contributed by atoms with E-state index >= 15 is 0 Å². The molecule has 0 saturated carbocycles. The number of rotatable bonds is 4. The Kier molecular flexibility index (Phi) is 4.72. The Balaban J connectivity index is 1.63. The first-order valence-corrected chi connectivity index (χ1v) is 10.2. The van der Waals surface area contributed by atoms with Crippen molar-refractivity contribution < 1.29 is 0 Å². The summed E-state index contributed by atoms with van der Waals surface area (Å²) in [5, 5.41) is 3.95. The Morgan fingerprint density at radius 1 is 0.966 bits per heavy atom. The van der Waals surface area contributed by atoms with Crippen molar-refractivity contribution in [1.29, 1.82) is 0 Å². The molecule has 0 fully saturated rings. The third-order valence-corrected chi connectivity index (χ3v) is 5.69. The van der Waals surface area contributed by atoms with E-state index in [1.807, 2.05) is 42.5 Å². The molecule has 0 saturated heterocycles. The number of H-pyrrole nitrogens is 1. The Morgan fingerprint density at radius 2 is 1.86 bits per heavy atom. The number of nitrogens with one attached hydrogen (secondary N) is 2. The van der Waals surface area contributed by atoms with Gasteiger partial charge >= 0.3 is 0 Å². The van der Waals surface area contributed by atoms with Gasteiger partial charge < -0.3 is 10.3 Å². The minimum atomic E-state index is 0.410. The van der Waals surface area contributed by atoms with Crippen LogP contribution >= 0.6 is 34.2 Å². The van der Waals surface area contributed by atoms with Gasteiger partial charge in [0.2, 0.25) is 0 Å². The first kappa shape index (κ1) is 18.2. The monoisotopic (exact) mass is 513 g/mol. The topological polar surface area (TPSA) is 92.3 Å². The quantitative estimate of drug-likeness (QED) is 0.334. The summed E-state index contributed by atoms with van der Waals surface area (Å²) in [6.45, 7) is 0.410. The molecule has 2 aromatic carbocycles. The minimum Gasteiger partial charge on any atom is -0.362 e. The number of hydrogen-bond acceptors (Lipinski definition) is 6. The molecule has 7 nitrogen and oxygen atoms in total. The van der Waals surface area contributed by atoms with Crippen LogP contribution in [0.4, 0.5) is 5.82 Å². The molecule has 142 valence electrons. The summed E-state index contributed by atoms with van der Waals surface area (Å²) < 4.78 is 1.04. The van der Waals surface area contributed by atoms with Crippen molar-refractivity contribution in [2.75, 3.05) is 5.32 Å². The van der Waals surface area contributed by atoms with Crippen LogP contribution in [0.5, 0.6) is 0 Å². The van der Waals surface area contributed by atoms with Gasteiger partial charge in [0.05, 0.1) is 34.8 Å². The molecule has 0 bridgehead atoms. The fraction of sp³-hybridized carbons (Fsp3) is 0.0500. The van der Waals surface area contributed by atoms with Gasteiger partial charge in [-0.05, 0) is 40.8 Å². The predicted molar refractivity (Wildman–Crippen MR) is 122 cm³/mol. The maximum Gasteiger partial charge on any atom is 0.162 e. The number of imidazole rings is 1. The van der Waals surface area contributed by atoms with Crippen molar-refractivity contribution in [1.82, 2.24) is 29.9 Å². The lowest BCUT2D eigenvalue weighted by atomic mass is 10.1. The average Bonchev–Trinajstić information content (AvgIpc) is 3.22. The van der Waals surface area contributed by atoms with Gasteiger partial charge in [0.15, 0.2) is 11.5 Å². The largest absolute Gasteiger partial charge is 0.362 e. The first-order chi connectivity index (χ1) is 14.2.